The smallest absolute Gasteiger partial charge is 0.351 e. The fourth-order valence-corrected chi connectivity index (χ4v) is 2.97. The van der Waals surface area contributed by atoms with Crippen molar-refractivity contribution in [1.82, 2.24) is 9.55 Å². The zero-order chi connectivity index (χ0) is 13.6. The third kappa shape index (κ3) is 2.19. The maximum absolute atomic E-state index is 11.7. The van der Waals surface area contributed by atoms with Crippen molar-refractivity contribution in [2.45, 2.75) is 24.5 Å². The van der Waals surface area contributed by atoms with Gasteiger partial charge in [-0.2, -0.15) is 4.98 Å². The van der Waals surface area contributed by atoms with Gasteiger partial charge in [0, 0.05) is 6.20 Å². The van der Waals surface area contributed by atoms with E-state index in [4.69, 9.17) is 19.5 Å². The Labute approximate surface area is 107 Å². The first-order valence-electron chi connectivity index (χ1n) is 5.58. The molecule has 0 radical (unpaired) electrons. The van der Waals surface area contributed by atoms with Gasteiger partial charge in [-0.25, -0.2) is 4.79 Å². The van der Waals surface area contributed by atoms with Crippen LogP contribution in [0.3, 0.4) is 0 Å². The summed E-state index contributed by atoms with van der Waals surface area (Å²) in [7, 11) is -2.70. The van der Waals surface area contributed by atoms with E-state index in [1.54, 1.807) is 0 Å². The molecule has 2 fully saturated rings. The van der Waals surface area contributed by atoms with Crippen LogP contribution >= 0.6 is 8.25 Å². The van der Waals surface area contributed by atoms with E-state index >= 15 is 0 Å². The Morgan fingerprint density at radius 2 is 2.37 bits per heavy atom. The van der Waals surface area contributed by atoms with Crippen molar-refractivity contribution in [1.29, 1.82) is 0 Å². The highest BCUT2D eigenvalue weighted by atomic mass is 31.1. The molecule has 2 saturated heterocycles. The minimum atomic E-state index is -2.70. The van der Waals surface area contributed by atoms with E-state index in [0.717, 1.165) is 4.57 Å². The third-order valence-electron chi connectivity index (χ3n) is 3.04. The number of anilines is 1. The summed E-state index contributed by atoms with van der Waals surface area (Å²) in [5.41, 5.74) is 4.76. The molecule has 3 N–H and O–H groups in total. The van der Waals surface area contributed by atoms with E-state index in [0.29, 0.717) is 0 Å². The second-order valence-corrected chi connectivity index (χ2v) is 5.27. The number of nitrogen functional groups attached to an aromatic ring is 1. The van der Waals surface area contributed by atoms with Crippen molar-refractivity contribution in [3.63, 3.8) is 0 Å². The largest absolute Gasteiger partial charge is 0.387 e. The van der Waals surface area contributed by atoms with Crippen LogP contribution in [0.2, 0.25) is 0 Å². The molecule has 0 aliphatic carbocycles. The molecule has 1 aromatic heterocycles. The SMILES string of the molecule is Nc1ccn([C@@H]2OC3CO[PH](=O)O[C@H]2[C@@H]3O)c(=O)n1. The fraction of sp³-hybridized carbons (Fsp3) is 0.556. The van der Waals surface area contributed by atoms with E-state index in [1.165, 1.54) is 12.3 Å². The standard InChI is InChI=1S/C9H12N3O6P/c10-5-1-2-12(9(14)11-5)8-7-6(13)4(17-8)3-16-19(15)18-7/h1-2,4,6-8,13,19H,3H2,(H2,10,11,14)/t4?,6-,7+,8-/m1/s1. The highest BCUT2D eigenvalue weighted by Crippen LogP contribution is 2.42. The summed E-state index contributed by atoms with van der Waals surface area (Å²) in [6.07, 6.45) is -2.18. The van der Waals surface area contributed by atoms with Gasteiger partial charge in [0.2, 0.25) is 0 Å². The Kier molecular flexibility index (Phi) is 3.15. The van der Waals surface area contributed by atoms with Gasteiger partial charge in [-0.15, -0.1) is 0 Å². The van der Waals surface area contributed by atoms with Crippen LogP contribution in [0.5, 0.6) is 0 Å². The fourth-order valence-electron chi connectivity index (χ4n) is 2.12. The topological polar surface area (TPSA) is 126 Å². The zero-order valence-corrected chi connectivity index (χ0v) is 10.6. The molecule has 19 heavy (non-hydrogen) atoms. The van der Waals surface area contributed by atoms with E-state index in [2.05, 4.69) is 4.98 Å². The van der Waals surface area contributed by atoms with Crippen molar-refractivity contribution in [2.24, 2.45) is 0 Å². The summed E-state index contributed by atoms with van der Waals surface area (Å²) in [4.78, 5) is 15.3. The van der Waals surface area contributed by atoms with E-state index < -0.39 is 38.5 Å². The van der Waals surface area contributed by atoms with Crippen molar-refractivity contribution >= 4 is 14.1 Å². The number of ether oxygens (including phenoxy) is 1. The number of hydrogen-bond donors (Lipinski definition) is 2. The van der Waals surface area contributed by atoms with Crippen LogP contribution < -0.4 is 11.4 Å². The number of rotatable bonds is 1. The highest BCUT2D eigenvalue weighted by molar-refractivity contribution is 7.33. The lowest BCUT2D eigenvalue weighted by molar-refractivity contribution is -0.0613. The van der Waals surface area contributed by atoms with Crippen molar-refractivity contribution in [3.05, 3.63) is 22.7 Å². The summed E-state index contributed by atoms with van der Waals surface area (Å²) in [6, 6.07) is 1.42. The molecule has 104 valence electrons. The Hall–Kier alpha value is -1.25. The van der Waals surface area contributed by atoms with Crippen LogP contribution in [0.15, 0.2) is 17.1 Å². The Morgan fingerprint density at radius 3 is 3.11 bits per heavy atom. The number of hydrogen-bond acceptors (Lipinski definition) is 8. The lowest BCUT2D eigenvalue weighted by Crippen LogP contribution is -2.36. The van der Waals surface area contributed by atoms with Gasteiger partial charge in [0.05, 0.1) is 6.61 Å². The Balaban J connectivity index is 1.97. The van der Waals surface area contributed by atoms with Gasteiger partial charge >= 0.3 is 13.9 Å². The molecule has 10 heteroatoms. The number of nitrogens with zero attached hydrogens (tertiary/aromatic N) is 2. The molecule has 3 heterocycles. The van der Waals surface area contributed by atoms with Gasteiger partial charge in [0.15, 0.2) is 6.23 Å². The lowest BCUT2D eigenvalue weighted by atomic mass is 10.1. The molecule has 2 bridgehead atoms. The Morgan fingerprint density at radius 1 is 1.58 bits per heavy atom. The first kappa shape index (κ1) is 12.8. The van der Waals surface area contributed by atoms with Crippen molar-refractivity contribution < 1.29 is 23.5 Å². The molecule has 0 spiro atoms. The predicted molar refractivity (Wildman–Crippen MR) is 62.7 cm³/mol. The number of nitrogens with two attached hydrogens (primary N) is 1. The van der Waals surface area contributed by atoms with Crippen LogP contribution in [-0.4, -0.2) is 39.6 Å². The maximum Gasteiger partial charge on any atom is 0.351 e. The number of aliphatic hydroxyl groups excluding tert-OH is 1. The summed E-state index contributed by atoms with van der Waals surface area (Å²) in [6.45, 7) is -0.0525. The number of aromatic nitrogens is 2. The van der Waals surface area contributed by atoms with Gasteiger partial charge in [0.1, 0.15) is 24.1 Å². The van der Waals surface area contributed by atoms with Gasteiger partial charge < -0.3 is 20.1 Å². The summed E-state index contributed by atoms with van der Waals surface area (Å²) in [5.74, 6) is 0.0813. The summed E-state index contributed by atoms with van der Waals surface area (Å²) in [5, 5.41) is 9.97. The van der Waals surface area contributed by atoms with Crippen molar-refractivity contribution in [3.8, 4) is 0 Å². The molecule has 0 saturated carbocycles. The molecule has 9 nitrogen and oxygen atoms in total. The second-order valence-electron chi connectivity index (χ2n) is 4.24. The maximum atomic E-state index is 11.7. The molecule has 2 aliphatic heterocycles. The molecule has 5 atom stereocenters. The second kappa shape index (κ2) is 4.69. The molecule has 0 aromatic carbocycles. The summed E-state index contributed by atoms with van der Waals surface area (Å²) >= 11 is 0. The quantitative estimate of drug-likeness (QED) is 0.623. The van der Waals surface area contributed by atoms with Gasteiger partial charge in [0.25, 0.3) is 0 Å². The van der Waals surface area contributed by atoms with Gasteiger partial charge in [-0.3, -0.25) is 13.7 Å². The molecule has 3 rings (SSSR count). The first-order chi connectivity index (χ1) is 9.06. The molecular formula is C9H12N3O6P. The molecule has 2 unspecified atom stereocenters. The highest BCUT2D eigenvalue weighted by Gasteiger charge is 2.49. The van der Waals surface area contributed by atoms with E-state index in [1.807, 2.05) is 0 Å². The number of aliphatic hydroxyl groups is 1. The van der Waals surface area contributed by atoms with Crippen LogP contribution in [-0.2, 0) is 18.3 Å². The lowest BCUT2D eigenvalue weighted by Gasteiger charge is -2.21. The normalized spacial score (nSPS) is 38.1. The van der Waals surface area contributed by atoms with E-state index in [-0.39, 0.29) is 12.4 Å². The molecule has 2 aliphatic rings. The number of fused-ring (bicyclic) bond motifs is 2. The monoisotopic (exact) mass is 289 g/mol. The zero-order valence-electron chi connectivity index (χ0n) is 9.63. The van der Waals surface area contributed by atoms with Gasteiger partial charge in [-0.1, -0.05) is 0 Å². The van der Waals surface area contributed by atoms with Crippen LogP contribution in [0, 0.1) is 0 Å². The predicted octanol–water partition coefficient (Wildman–Crippen LogP) is -1.11. The minimum Gasteiger partial charge on any atom is -0.387 e. The van der Waals surface area contributed by atoms with E-state index in [9.17, 15) is 14.5 Å². The van der Waals surface area contributed by atoms with Crippen molar-refractivity contribution in [2.75, 3.05) is 12.3 Å². The van der Waals surface area contributed by atoms with Crippen LogP contribution in [0.1, 0.15) is 6.23 Å². The third-order valence-corrected chi connectivity index (χ3v) is 3.90. The molecule has 0 amide bonds. The average molecular weight is 289 g/mol. The van der Waals surface area contributed by atoms with Gasteiger partial charge in [-0.05, 0) is 6.07 Å². The minimum absolute atomic E-state index is 0.0525. The molecule has 1 aromatic rings. The summed E-state index contributed by atoms with van der Waals surface area (Å²) < 4.78 is 28.0. The average Bonchev–Trinajstić information content (AvgIpc) is 2.55. The first-order valence-corrected chi connectivity index (χ1v) is 6.80. The van der Waals surface area contributed by atoms with Crippen LogP contribution in [0.4, 0.5) is 5.82 Å². The Bertz CT molecular complexity index is 577. The van der Waals surface area contributed by atoms with Crippen LogP contribution in [0.25, 0.3) is 0 Å². The molecular weight excluding hydrogens is 277 g/mol.